The highest BCUT2D eigenvalue weighted by Gasteiger charge is 2.37. The molecule has 178 valence electrons. The quantitative estimate of drug-likeness (QED) is 0.506. The second kappa shape index (κ2) is 10.2. The predicted octanol–water partition coefficient (Wildman–Crippen LogP) is 3.03. The number of methoxy groups -OCH3 is 1. The van der Waals surface area contributed by atoms with Gasteiger partial charge < -0.3 is 15.0 Å². The van der Waals surface area contributed by atoms with Gasteiger partial charge in [-0.15, -0.1) is 0 Å². The molecule has 4 rings (SSSR count). The minimum absolute atomic E-state index is 0.195. The molecule has 0 spiro atoms. The summed E-state index contributed by atoms with van der Waals surface area (Å²) in [6.45, 7) is -1.05. The van der Waals surface area contributed by atoms with Gasteiger partial charge in [-0.2, -0.15) is 0 Å². The molecule has 0 bridgehead atoms. The largest absolute Gasteiger partial charge is 0.497 e. The number of benzene rings is 3. The first-order chi connectivity index (χ1) is 16.9. The highest BCUT2D eigenvalue weighted by molar-refractivity contribution is 6.52. The van der Waals surface area contributed by atoms with E-state index in [2.05, 4.69) is 5.32 Å². The van der Waals surface area contributed by atoms with Crippen molar-refractivity contribution in [1.82, 2.24) is 4.90 Å². The standard InChI is InChI=1S/C26H22FN3O5/c1-35-19-12-10-18(11-13-19)28-23(31)15-29(14-17-6-2-4-8-21(17)27)24(32)16-30-22-9-5-3-7-20(22)25(33)26(30)34/h2-13H,14-16H2,1H3,(H,28,31). The van der Waals surface area contributed by atoms with Crippen LogP contribution in [0.5, 0.6) is 5.75 Å². The van der Waals surface area contributed by atoms with E-state index in [0.717, 1.165) is 9.80 Å². The molecule has 9 heteroatoms. The Hall–Kier alpha value is -4.53. The number of nitrogens with zero attached hydrogens (tertiary/aromatic N) is 2. The first-order valence-corrected chi connectivity index (χ1v) is 10.8. The molecule has 0 fully saturated rings. The average molecular weight is 475 g/mol. The number of amides is 3. The molecule has 3 aromatic carbocycles. The van der Waals surface area contributed by atoms with Gasteiger partial charge in [0.25, 0.3) is 11.7 Å². The van der Waals surface area contributed by atoms with Crippen LogP contribution in [-0.4, -0.2) is 48.6 Å². The fourth-order valence-electron chi connectivity index (χ4n) is 3.75. The van der Waals surface area contributed by atoms with Crippen LogP contribution in [0.2, 0.25) is 0 Å². The number of nitrogens with one attached hydrogen (secondary N) is 1. The highest BCUT2D eigenvalue weighted by Crippen LogP contribution is 2.28. The summed E-state index contributed by atoms with van der Waals surface area (Å²) in [5.74, 6) is -2.57. The molecule has 1 aliphatic rings. The van der Waals surface area contributed by atoms with E-state index in [1.807, 2.05) is 0 Å². The fourth-order valence-corrected chi connectivity index (χ4v) is 3.75. The zero-order valence-electron chi connectivity index (χ0n) is 18.9. The predicted molar refractivity (Wildman–Crippen MR) is 127 cm³/mol. The number of ketones is 1. The van der Waals surface area contributed by atoms with Gasteiger partial charge in [0, 0.05) is 17.8 Å². The molecule has 1 heterocycles. The third-order valence-corrected chi connectivity index (χ3v) is 5.55. The molecule has 35 heavy (non-hydrogen) atoms. The molecule has 0 aromatic heterocycles. The number of rotatable bonds is 8. The minimum atomic E-state index is -0.826. The minimum Gasteiger partial charge on any atom is -0.497 e. The molecule has 3 aromatic rings. The van der Waals surface area contributed by atoms with E-state index in [9.17, 15) is 23.6 Å². The summed E-state index contributed by atoms with van der Waals surface area (Å²) in [6.07, 6.45) is 0. The summed E-state index contributed by atoms with van der Waals surface area (Å²) in [5, 5.41) is 2.69. The van der Waals surface area contributed by atoms with Crippen molar-refractivity contribution in [2.45, 2.75) is 6.54 Å². The van der Waals surface area contributed by atoms with Gasteiger partial charge in [0.05, 0.1) is 18.4 Å². The molecule has 0 unspecified atom stereocenters. The Morgan fingerprint density at radius 2 is 1.66 bits per heavy atom. The molecular weight excluding hydrogens is 453 g/mol. The Kier molecular flexibility index (Phi) is 6.86. The molecule has 0 aliphatic carbocycles. The SMILES string of the molecule is COc1ccc(NC(=O)CN(Cc2ccccc2F)C(=O)CN2C(=O)C(=O)c3ccccc32)cc1. The van der Waals surface area contributed by atoms with Crippen LogP contribution in [0.1, 0.15) is 15.9 Å². The zero-order valence-corrected chi connectivity index (χ0v) is 18.9. The van der Waals surface area contributed by atoms with Gasteiger partial charge in [0.1, 0.15) is 24.7 Å². The lowest BCUT2D eigenvalue weighted by molar-refractivity contribution is -0.134. The Bertz CT molecular complexity index is 1290. The van der Waals surface area contributed by atoms with Crippen LogP contribution in [0, 0.1) is 5.82 Å². The number of para-hydroxylation sites is 1. The van der Waals surface area contributed by atoms with Gasteiger partial charge >= 0.3 is 0 Å². The summed E-state index contributed by atoms with van der Waals surface area (Å²) in [6, 6.07) is 18.9. The molecule has 1 N–H and O–H groups in total. The average Bonchev–Trinajstić information content (AvgIpc) is 3.10. The zero-order chi connectivity index (χ0) is 24.9. The van der Waals surface area contributed by atoms with Gasteiger partial charge in [0.2, 0.25) is 11.8 Å². The van der Waals surface area contributed by atoms with Crippen molar-refractivity contribution in [3.8, 4) is 5.75 Å². The molecule has 8 nitrogen and oxygen atoms in total. The van der Waals surface area contributed by atoms with Crippen molar-refractivity contribution in [3.63, 3.8) is 0 Å². The maximum atomic E-state index is 14.3. The van der Waals surface area contributed by atoms with E-state index in [-0.39, 0.29) is 17.7 Å². The number of Topliss-reactive ketones (excluding diaryl/α,β-unsaturated/α-hetero) is 1. The first kappa shape index (κ1) is 23.6. The number of hydrogen-bond donors (Lipinski definition) is 1. The van der Waals surface area contributed by atoms with E-state index in [1.54, 1.807) is 48.5 Å². The first-order valence-electron chi connectivity index (χ1n) is 10.8. The number of fused-ring (bicyclic) bond motifs is 1. The summed E-state index contributed by atoms with van der Waals surface area (Å²) in [5.41, 5.74) is 1.23. The summed E-state index contributed by atoms with van der Waals surface area (Å²) >= 11 is 0. The lowest BCUT2D eigenvalue weighted by Gasteiger charge is -2.25. The Morgan fingerprint density at radius 1 is 0.971 bits per heavy atom. The number of anilines is 2. The van der Waals surface area contributed by atoms with Gasteiger partial charge in [0.15, 0.2) is 0 Å². The second-order valence-corrected chi connectivity index (χ2v) is 7.86. The van der Waals surface area contributed by atoms with Gasteiger partial charge in [-0.05, 0) is 42.5 Å². The van der Waals surface area contributed by atoms with Crippen LogP contribution in [0.25, 0.3) is 0 Å². The molecule has 0 saturated heterocycles. The van der Waals surface area contributed by atoms with Crippen LogP contribution >= 0.6 is 0 Å². The van der Waals surface area contributed by atoms with Crippen molar-refractivity contribution in [2.24, 2.45) is 0 Å². The monoisotopic (exact) mass is 475 g/mol. The van der Waals surface area contributed by atoms with Gasteiger partial charge in [-0.3, -0.25) is 24.1 Å². The number of hydrogen-bond acceptors (Lipinski definition) is 5. The summed E-state index contributed by atoms with van der Waals surface area (Å²) in [7, 11) is 1.52. The second-order valence-electron chi connectivity index (χ2n) is 7.86. The summed E-state index contributed by atoms with van der Waals surface area (Å²) in [4.78, 5) is 53.0. The van der Waals surface area contributed by atoms with Crippen LogP contribution in [0.4, 0.5) is 15.8 Å². The third kappa shape index (κ3) is 5.19. The number of halogens is 1. The fraction of sp³-hybridized carbons (Fsp3) is 0.154. The molecule has 0 saturated carbocycles. The van der Waals surface area contributed by atoms with E-state index in [0.29, 0.717) is 17.1 Å². The molecule has 0 atom stereocenters. The highest BCUT2D eigenvalue weighted by atomic mass is 19.1. The van der Waals surface area contributed by atoms with Crippen LogP contribution in [0.3, 0.4) is 0 Å². The van der Waals surface area contributed by atoms with E-state index in [1.165, 1.54) is 31.4 Å². The van der Waals surface area contributed by atoms with Crippen LogP contribution < -0.4 is 15.0 Å². The van der Waals surface area contributed by atoms with Crippen molar-refractivity contribution < 1.29 is 28.3 Å². The Balaban J connectivity index is 1.53. The van der Waals surface area contributed by atoms with Crippen molar-refractivity contribution in [3.05, 3.63) is 89.7 Å². The van der Waals surface area contributed by atoms with Gasteiger partial charge in [-0.25, -0.2) is 4.39 Å². The molecule has 0 radical (unpaired) electrons. The third-order valence-electron chi connectivity index (χ3n) is 5.55. The number of carbonyl (C=O) groups excluding carboxylic acids is 4. The van der Waals surface area contributed by atoms with Crippen molar-refractivity contribution in [1.29, 1.82) is 0 Å². The lowest BCUT2D eigenvalue weighted by atomic mass is 10.1. The normalized spacial score (nSPS) is 12.3. The maximum Gasteiger partial charge on any atom is 0.299 e. The number of carbonyl (C=O) groups is 4. The van der Waals surface area contributed by atoms with Crippen LogP contribution in [-0.2, 0) is 20.9 Å². The van der Waals surface area contributed by atoms with E-state index >= 15 is 0 Å². The molecule has 3 amide bonds. The smallest absolute Gasteiger partial charge is 0.299 e. The van der Waals surface area contributed by atoms with E-state index < -0.39 is 42.4 Å². The van der Waals surface area contributed by atoms with E-state index in [4.69, 9.17) is 4.74 Å². The molecular formula is C26H22FN3O5. The maximum absolute atomic E-state index is 14.3. The molecule has 1 aliphatic heterocycles. The number of ether oxygens (including phenoxy) is 1. The van der Waals surface area contributed by atoms with Crippen LogP contribution in [0.15, 0.2) is 72.8 Å². The Labute approximate surface area is 200 Å². The van der Waals surface area contributed by atoms with Crippen molar-refractivity contribution >= 4 is 34.9 Å². The summed E-state index contributed by atoms with van der Waals surface area (Å²) < 4.78 is 19.4. The lowest BCUT2D eigenvalue weighted by Crippen LogP contribution is -2.45. The topological polar surface area (TPSA) is 96.0 Å². The Morgan fingerprint density at radius 3 is 2.37 bits per heavy atom. The van der Waals surface area contributed by atoms with Crippen molar-refractivity contribution in [2.75, 3.05) is 30.4 Å². The van der Waals surface area contributed by atoms with Gasteiger partial charge in [-0.1, -0.05) is 30.3 Å².